The number of fused-ring (bicyclic) bond motifs is 1. The summed E-state index contributed by atoms with van der Waals surface area (Å²) >= 11 is 1.26. The lowest BCUT2D eigenvalue weighted by molar-refractivity contribution is -0.173. The Bertz CT molecular complexity index is 1260. The summed E-state index contributed by atoms with van der Waals surface area (Å²) in [4.78, 5) is 13.8. The fraction of sp³-hybridized carbons (Fsp3) is 0.348. The van der Waals surface area contributed by atoms with Crippen molar-refractivity contribution in [1.82, 2.24) is 9.78 Å². The van der Waals surface area contributed by atoms with Crippen molar-refractivity contribution < 1.29 is 22.7 Å². The molecule has 0 radical (unpaired) electrons. The number of ether oxygens (including phenoxy) is 1. The highest BCUT2D eigenvalue weighted by molar-refractivity contribution is 7.16. The van der Waals surface area contributed by atoms with E-state index >= 15 is 0 Å². The smallest absolute Gasteiger partial charge is 0.410 e. The number of carbonyl (C=O) groups is 1. The van der Waals surface area contributed by atoms with E-state index in [1.54, 1.807) is 24.3 Å². The van der Waals surface area contributed by atoms with Crippen molar-refractivity contribution in [2.45, 2.75) is 44.9 Å². The first-order valence-electron chi connectivity index (χ1n) is 10.6. The largest absolute Gasteiger partial charge is 0.497 e. The van der Waals surface area contributed by atoms with Crippen molar-refractivity contribution in [3.8, 4) is 11.8 Å². The molecule has 2 atom stereocenters. The van der Waals surface area contributed by atoms with Crippen LogP contribution in [0.3, 0.4) is 0 Å². The number of methoxy groups -OCH3 is 1. The van der Waals surface area contributed by atoms with E-state index in [1.165, 1.54) is 24.5 Å². The fourth-order valence-corrected chi connectivity index (χ4v) is 5.21. The van der Waals surface area contributed by atoms with E-state index in [-0.39, 0.29) is 17.9 Å². The molecule has 0 spiro atoms. The summed E-state index contributed by atoms with van der Waals surface area (Å²) in [6.07, 6.45) is -4.21. The van der Waals surface area contributed by atoms with Crippen molar-refractivity contribution in [3.63, 3.8) is 0 Å². The number of nitrogens with one attached hydrogen (secondary N) is 2. The van der Waals surface area contributed by atoms with Crippen LogP contribution in [0.1, 0.15) is 57.5 Å². The normalized spacial score (nSPS) is 17.4. The number of rotatable bonds is 5. The molecule has 0 saturated heterocycles. The summed E-state index contributed by atoms with van der Waals surface area (Å²) in [5, 5.41) is 19.6. The first kappa shape index (κ1) is 23.6. The number of halogens is 3. The van der Waals surface area contributed by atoms with Gasteiger partial charge in [0.15, 0.2) is 11.7 Å². The molecule has 1 aromatic carbocycles. The third-order valence-corrected chi connectivity index (χ3v) is 6.90. The van der Waals surface area contributed by atoms with Crippen molar-refractivity contribution in [1.29, 1.82) is 5.26 Å². The lowest BCUT2D eigenvalue weighted by Crippen LogP contribution is -2.35. The van der Waals surface area contributed by atoms with E-state index in [0.29, 0.717) is 28.3 Å². The van der Waals surface area contributed by atoms with Crippen LogP contribution in [0.2, 0.25) is 0 Å². The molecule has 178 valence electrons. The van der Waals surface area contributed by atoms with Crippen LogP contribution >= 0.6 is 11.3 Å². The molecule has 2 aromatic heterocycles. The molecule has 0 bridgehead atoms. The summed E-state index contributed by atoms with van der Waals surface area (Å²) in [5.41, 5.74) is 1.70. The Balaban J connectivity index is 1.64. The fourth-order valence-electron chi connectivity index (χ4n) is 4.12. The lowest BCUT2D eigenvalue weighted by Gasteiger charge is -2.33. The molecule has 34 heavy (non-hydrogen) atoms. The van der Waals surface area contributed by atoms with Crippen LogP contribution in [0.4, 0.5) is 24.0 Å². The molecule has 3 aromatic rings. The van der Waals surface area contributed by atoms with Gasteiger partial charge in [-0.15, -0.1) is 11.3 Å². The van der Waals surface area contributed by atoms with Gasteiger partial charge in [-0.2, -0.15) is 23.5 Å². The quantitative estimate of drug-likeness (QED) is 0.486. The summed E-state index contributed by atoms with van der Waals surface area (Å²) < 4.78 is 47.7. The third kappa shape index (κ3) is 4.33. The number of aromatic nitrogens is 2. The molecular formula is C23H22F3N5O2S. The average Bonchev–Trinajstić information content (AvgIpc) is 3.37. The van der Waals surface area contributed by atoms with Gasteiger partial charge in [0.25, 0.3) is 5.91 Å². The monoisotopic (exact) mass is 489 g/mol. The Labute approximate surface area is 198 Å². The highest BCUT2D eigenvalue weighted by Gasteiger charge is 2.46. The van der Waals surface area contributed by atoms with Gasteiger partial charge in [0, 0.05) is 17.4 Å². The van der Waals surface area contributed by atoms with E-state index < -0.39 is 24.2 Å². The molecule has 7 nitrogen and oxygen atoms in total. The molecule has 3 heterocycles. The maximum Gasteiger partial charge on any atom is 0.410 e. The van der Waals surface area contributed by atoms with Gasteiger partial charge < -0.3 is 15.4 Å². The zero-order valence-electron chi connectivity index (χ0n) is 18.7. The number of aryl methyl sites for hydroxylation is 1. The molecule has 11 heteroatoms. The topological polar surface area (TPSA) is 92.0 Å². The van der Waals surface area contributed by atoms with E-state index in [2.05, 4.69) is 21.8 Å². The molecule has 0 aliphatic carbocycles. The number of nitrogens with zero attached hydrogens (tertiary/aromatic N) is 3. The van der Waals surface area contributed by atoms with Gasteiger partial charge in [0.05, 0.1) is 18.7 Å². The number of hydrogen-bond acceptors (Lipinski definition) is 6. The van der Waals surface area contributed by atoms with Gasteiger partial charge in [-0.05, 0) is 36.6 Å². The summed E-state index contributed by atoms with van der Waals surface area (Å²) in [6.45, 7) is 3.76. The lowest BCUT2D eigenvalue weighted by atomic mass is 9.97. The number of carbonyl (C=O) groups excluding carboxylic acids is 1. The van der Waals surface area contributed by atoms with Crippen molar-refractivity contribution in [2.75, 3.05) is 17.7 Å². The Kier molecular flexibility index (Phi) is 6.27. The molecule has 1 aliphatic heterocycles. The number of hydrogen-bond donors (Lipinski definition) is 2. The molecule has 2 N–H and O–H groups in total. The molecule has 0 fully saturated rings. The molecule has 4 rings (SSSR count). The van der Waals surface area contributed by atoms with Crippen LogP contribution in [0.5, 0.6) is 5.75 Å². The Morgan fingerprint density at radius 2 is 2.09 bits per heavy atom. The molecule has 1 amide bonds. The van der Waals surface area contributed by atoms with Crippen molar-refractivity contribution in [2.24, 2.45) is 0 Å². The zero-order valence-corrected chi connectivity index (χ0v) is 19.5. The number of amides is 1. The average molecular weight is 490 g/mol. The van der Waals surface area contributed by atoms with E-state index in [4.69, 9.17) is 4.74 Å². The highest BCUT2D eigenvalue weighted by atomic mass is 32.1. The SMILES string of the molecule is CCc1c(C)sc(NC(=O)c2cc3n(n2)[C@@H](C(F)(F)F)C[C@@H](c2ccc(OC)cc2)N3)c1C#N. The molecule has 1 aliphatic rings. The number of nitriles is 1. The first-order valence-corrected chi connectivity index (χ1v) is 11.4. The molecule has 0 saturated carbocycles. The van der Waals surface area contributed by atoms with E-state index in [1.807, 2.05) is 13.8 Å². The molecular weight excluding hydrogens is 467 g/mol. The van der Waals surface area contributed by atoms with Gasteiger partial charge in [-0.3, -0.25) is 4.79 Å². The number of alkyl halides is 3. The van der Waals surface area contributed by atoms with Gasteiger partial charge in [-0.1, -0.05) is 19.1 Å². The zero-order chi connectivity index (χ0) is 24.6. The highest BCUT2D eigenvalue weighted by Crippen LogP contribution is 2.44. The minimum Gasteiger partial charge on any atom is -0.497 e. The Hall–Kier alpha value is -3.52. The molecule has 0 unspecified atom stereocenters. The second kappa shape index (κ2) is 9.02. The van der Waals surface area contributed by atoms with Crippen LogP contribution in [0.15, 0.2) is 30.3 Å². The van der Waals surface area contributed by atoms with Crippen molar-refractivity contribution >= 4 is 28.1 Å². The van der Waals surface area contributed by atoms with E-state index in [0.717, 1.165) is 15.1 Å². The van der Waals surface area contributed by atoms with Gasteiger partial charge in [0.2, 0.25) is 0 Å². The number of benzene rings is 1. The van der Waals surface area contributed by atoms with Crippen LogP contribution in [-0.2, 0) is 6.42 Å². The van der Waals surface area contributed by atoms with E-state index in [9.17, 15) is 23.2 Å². The van der Waals surface area contributed by atoms with Crippen LogP contribution in [-0.4, -0.2) is 29.0 Å². The first-order chi connectivity index (χ1) is 16.2. The number of thiophene rings is 1. The maximum atomic E-state index is 13.9. The standard InChI is InChI=1S/C23H22F3N5O2S/c1-4-15-12(2)34-22(16(15)11-27)29-21(32)18-10-20-28-17(13-5-7-14(33-3)8-6-13)9-19(23(24,25)26)31(20)30-18/h5-8,10,17,19,28H,4,9H2,1-3H3,(H,29,32)/t17-,19+/m0/s1. The maximum absolute atomic E-state index is 13.9. The van der Waals surface area contributed by atoms with Gasteiger partial charge >= 0.3 is 6.18 Å². The second-order valence-corrected chi connectivity index (χ2v) is 9.11. The third-order valence-electron chi connectivity index (χ3n) is 5.84. The number of anilines is 2. The summed E-state index contributed by atoms with van der Waals surface area (Å²) in [7, 11) is 1.51. The van der Waals surface area contributed by atoms with Crippen LogP contribution in [0, 0.1) is 18.3 Å². The summed E-state index contributed by atoms with van der Waals surface area (Å²) in [6, 6.07) is 7.66. The minimum atomic E-state index is -4.56. The van der Waals surface area contributed by atoms with Gasteiger partial charge in [-0.25, -0.2) is 4.68 Å². The second-order valence-electron chi connectivity index (χ2n) is 7.88. The van der Waals surface area contributed by atoms with Crippen molar-refractivity contribution in [3.05, 3.63) is 57.6 Å². The van der Waals surface area contributed by atoms with Crippen LogP contribution in [0.25, 0.3) is 0 Å². The predicted octanol–water partition coefficient (Wildman–Crippen LogP) is 5.61. The van der Waals surface area contributed by atoms with Gasteiger partial charge in [0.1, 0.15) is 22.6 Å². The summed E-state index contributed by atoms with van der Waals surface area (Å²) in [5.74, 6) is 0.0189. The Morgan fingerprint density at radius 1 is 1.38 bits per heavy atom. The minimum absolute atomic E-state index is 0.0941. The Morgan fingerprint density at radius 3 is 2.68 bits per heavy atom. The van der Waals surface area contributed by atoms with Crippen LogP contribution < -0.4 is 15.4 Å². The predicted molar refractivity (Wildman–Crippen MR) is 122 cm³/mol.